The van der Waals surface area contributed by atoms with Crippen LogP contribution in [0, 0.1) is 0 Å². The average molecular weight is 479 g/mol. The van der Waals surface area contributed by atoms with Crippen LogP contribution in [0.4, 0.5) is 0 Å². The van der Waals surface area contributed by atoms with Gasteiger partial charge in [0.25, 0.3) is 5.91 Å². The van der Waals surface area contributed by atoms with Gasteiger partial charge in [0.05, 0.1) is 14.2 Å². The normalized spacial score (nSPS) is 14.4. The highest BCUT2D eigenvalue weighted by Gasteiger charge is 2.34. The van der Waals surface area contributed by atoms with Crippen LogP contribution in [0.15, 0.2) is 66.0 Å². The SMILES string of the molecule is COc1ccc(C(=O)N(Cc2ccccc2)[C@@H](C(=O)NC2CCCC2)c2cccs2)cc1OC. The Balaban J connectivity index is 1.73. The van der Waals surface area contributed by atoms with Crippen LogP contribution < -0.4 is 14.8 Å². The number of ether oxygens (including phenoxy) is 2. The minimum atomic E-state index is -0.735. The van der Waals surface area contributed by atoms with Gasteiger partial charge in [-0.3, -0.25) is 9.59 Å². The fourth-order valence-corrected chi connectivity index (χ4v) is 5.25. The lowest BCUT2D eigenvalue weighted by Gasteiger charge is -2.31. The summed E-state index contributed by atoms with van der Waals surface area (Å²) in [5, 5.41) is 5.15. The van der Waals surface area contributed by atoms with Gasteiger partial charge in [-0.05, 0) is 48.1 Å². The fraction of sp³-hybridized carbons (Fsp3) is 0.333. The summed E-state index contributed by atoms with van der Waals surface area (Å²) in [6, 6.07) is 18.1. The van der Waals surface area contributed by atoms with Crippen LogP contribution in [0.1, 0.15) is 52.5 Å². The van der Waals surface area contributed by atoms with Gasteiger partial charge in [0.2, 0.25) is 5.91 Å². The first-order valence-corrected chi connectivity index (χ1v) is 12.4. The minimum absolute atomic E-state index is 0.140. The minimum Gasteiger partial charge on any atom is -0.493 e. The van der Waals surface area contributed by atoms with E-state index >= 15 is 0 Å². The summed E-state index contributed by atoms with van der Waals surface area (Å²) in [5.74, 6) is 0.627. The van der Waals surface area contributed by atoms with E-state index in [0.717, 1.165) is 36.1 Å². The topological polar surface area (TPSA) is 67.9 Å². The third-order valence-corrected chi connectivity index (χ3v) is 7.09. The highest BCUT2D eigenvalue weighted by molar-refractivity contribution is 7.10. The predicted octanol–water partition coefficient (Wildman–Crippen LogP) is 5.21. The second-order valence-corrected chi connectivity index (χ2v) is 9.38. The van der Waals surface area contributed by atoms with Gasteiger partial charge in [-0.2, -0.15) is 0 Å². The van der Waals surface area contributed by atoms with Gasteiger partial charge in [0, 0.05) is 23.0 Å². The van der Waals surface area contributed by atoms with Crippen LogP contribution >= 0.6 is 11.3 Å². The van der Waals surface area contributed by atoms with Crippen molar-refractivity contribution in [1.29, 1.82) is 0 Å². The molecule has 1 aliphatic carbocycles. The van der Waals surface area contributed by atoms with Crippen molar-refractivity contribution in [1.82, 2.24) is 10.2 Å². The van der Waals surface area contributed by atoms with Crippen molar-refractivity contribution >= 4 is 23.2 Å². The number of rotatable bonds is 9. The lowest BCUT2D eigenvalue weighted by atomic mass is 10.1. The molecule has 4 rings (SSSR count). The Kier molecular flexibility index (Phi) is 7.85. The standard InChI is InChI=1S/C27H30N2O4S/c1-32-22-15-14-20(17-23(22)33-2)27(31)29(18-19-9-4-3-5-10-19)25(24-13-8-16-34-24)26(30)28-21-11-6-7-12-21/h3-5,8-10,13-17,21,25H,6-7,11-12,18H2,1-2H3,(H,28,30)/t25-/m1/s1. The van der Waals surface area contributed by atoms with Crippen molar-refractivity contribution in [2.45, 2.75) is 44.3 Å². The molecule has 178 valence electrons. The predicted molar refractivity (Wildman–Crippen MR) is 133 cm³/mol. The number of carbonyl (C=O) groups is 2. The first-order chi connectivity index (χ1) is 16.6. The number of nitrogens with one attached hydrogen (secondary N) is 1. The maximum atomic E-state index is 13.9. The summed E-state index contributed by atoms with van der Waals surface area (Å²) >= 11 is 1.48. The van der Waals surface area contributed by atoms with Crippen molar-refractivity contribution in [3.8, 4) is 11.5 Å². The molecule has 0 unspecified atom stereocenters. The molecule has 0 aliphatic heterocycles. The molecule has 3 aromatic rings. The number of hydrogen-bond donors (Lipinski definition) is 1. The molecule has 1 fully saturated rings. The van der Waals surface area contributed by atoms with E-state index in [2.05, 4.69) is 5.32 Å². The molecule has 1 N–H and O–H groups in total. The van der Waals surface area contributed by atoms with Gasteiger partial charge in [0.1, 0.15) is 6.04 Å². The van der Waals surface area contributed by atoms with E-state index in [1.54, 1.807) is 30.2 Å². The molecule has 1 heterocycles. The first-order valence-electron chi connectivity index (χ1n) is 11.5. The van der Waals surface area contributed by atoms with Crippen molar-refractivity contribution < 1.29 is 19.1 Å². The van der Waals surface area contributed by atoms with Gasteiger partial charge >= 0.3 is 0 Å². The lowest BCUT2D eigenvalue weighted by Crippen LogP contribution is -2.45. The molecule has 0 saturated heterocycles. The zero-order chi connectivity index (χ0) is 23.9. The summed E-state index contributed by atoms with van der Waals surface area (Å²) < 4.78 is 10.8. The van der Waals surface area contributed by atoms with E-state index in [0.29, 0.717) is 23.6 Å². The smallest absolute Gasteiger partial charge is 0.255 e. The lowest BCUT2D eigenvalue weighted by molar-refractivity contribution is -0.126. The molecule has 1 atom stereocenters. The van der Waals surface area contributed by atoms with E-state index in [1.165, 1.54) is 18.4 Å². The molecule has 2 amide bonds. The van der Waals surface area contributed by atoms with Crippen LogP contribution in [0.2, 0.25) is 0 Å². The van der Waals surface area contributed by atoms with Crippen molar-refractivity contribution in [3.05, 3.63) is 82.0 Å². The molecule has 1 aromatic heterocycles. The number of thiophene rings is 1. The van der Waals surface area contributed by atoms with Gasteiger partial charge in [-0.15, -0.1) is 11.3 Å². The van der Waals surface area contributed by atoms with Crippen molar-refractivity contribution in [2.24, 2.45) is 0 Å². The molecule has 34 heavy (non-hydrogen) atoms. The second-order valence-electron chi connectivity index (χ2n) is 8.40. The van der Waals surface area contributed by atoms with Crippen LogP contribution in [0.3, 0.4) is 0 Å². The van der Waals surface area contributed by atoms with E-state index in [9.17, 15) is 9.59 Å². The number of methoxy groups -OCH3 is 2. The highest BCUT2D eigenvalue weighted by atomic mass is 32.1. The number of hydrogen-bond acceptors (Lipinski definition) is 5. The van der Waals surface area contributed by atoms with Crippen LogP contribution in [-0.4, -0.2) is 37.0 Å². The third-order valence-electron chi connectivity index (χ3n) is 6.16. The Bertz CT molecular complexity index is 1100. The molecule has 0 spiro atoms. The fourth-order valence-electron chi connectivity index (χ4n) is 4.42. The second kappa shape index (κ2) is 11.2. The van der Waals surface area contributed by atoms with E-state index in [4.69, 9.17) is 9.47 Å². The zero-order valence-corrected chi connectivity index (χ0v) is 20.3. The van der Waals surface area contributed by atoms with Crippen LogP contribution in [-0.2, 0) is 11.3 Å². The number of benzene rings is 2. The van der Waals surface area contributed by atoms with Crippen LogP contribution in [0.5, 0.6) is 11.5 Å². The number of amides is 2. The van der Waals surface area contributed by atoms with Gasteiger partial charge in [-0.1, -0.05) is 49.2 Å². The summed E-state index contributed by atoms with van der Waals surface area (Å²) in [4.78, 5) is 30.1. The van der Waals surface area contributed by atoms with E-state index in [1.807, 2.05) is 47.8 Å². The Hall–Kier alpha value is -3.32. The molecule has 1 saturated carbocycles. The average Bonchev–Trinajstić information content (AvgIpc) is 3.58. The number of nitrogens with zero attached hydrogens (tertiary/aromatic N) is 1. The van der Waals surface area contributed by atoms with Gasteiger partial charge < -0.3 is 19.7 Å². The summed E-state index contributed by atoms with van der Waals surface area (Å²) in [6.45, 7) is 0.300. The zero-order valence-electron chi connectivity index (χ0n) is 19.5. The van der Waals surface area contributed by atoms with E-state index < -0.39 is 6.04 Å². The maximum absolute atomic E-state index is 13.9. The highest BCUT2D eigenvalue weighted by Crippen LogP contribution is 2.33. The van der Waals surface area contributed by atoms with Crippen molar-refractivity contribution in [2.75, 3.05) is 14.2 Å². The third kappa shape index (κ3) is 5.42. The molecule has 0 radical (unpaired) electrons. The molecular weight excluding hydrogens is 448 g/mol. The van der Waals surface area contributed by atoms with Gasteiger partial charge in [0.15, 0.2) is 11.5 Å². The first kappa shape index (κ1) is 23.8. The Labute approximate surface area is 204 Å². The van der Waals surface area contributed by atoms with E-state index in [-0.39, 0.29) is 17.9 Å². The van der Waals surface area contributed by atoms with Crippen molar-refractivity contribution in [3.63, 3.8) is 0 Å². The maximum Gasteiger partial charge on any atom is 0.255 e. The molecule has 2 aromatic carbocycles. The molecular formula is C27H30N2O4S. The summed E-state index contributed by atoms with van der Waals surface area (Å²) in [5.41, 5.74) is 1.38. The largest absolute Gasteiger partial charge is 0.493 e. The number of carbonyl (C=O) groups excluding carboxylic acids is 2. The summed E-state index contributed by atoms with van der Waals surface area (Å²) in [7, 11) is 3.10. The molecule has 1 aliphatic rings. The monoisotopic (exact) mass is 478 g/mol. The van der Waals surface area contributed by atoms with Crippen LogP contribution in [0.25, 0.3) is 0 Å². The van der Waals surface area contributed by atoms with Gasteiger partial charge in [-0.25, -0.2) is 0 Å². The Morgan fingerprint density at radius 2 is 1.74 bits per heavy atom. The molecule has 0 bridgehead atoms. The quantitative estimate of drug-likeness (QED) is 0.459. The molecule has 6 nitrogen and oxygen atoms in total. The molecule has 7 heteroatoms. The Morgan fingerprint density at radius 1 is 1.00 bits per heavy atom. The Morgan fingerprint density at radius 3 is 2.38 bits per heavy atom. The summed E-state index contributed by atoms with van der Waals surface area (Å²) in [6.07, 6.45) is 4.19.